The number of amides is 1. The third-order valence-electron chi connectivity index (χ3n) is 5.04. The Morgan fingerprint density at radius 1 is 1.22 bits per heavy atom. The number of nitrogens with zero attached hydrogens (tertiary/aromatic N) is 3. The van der Waals surface area contributed by atoms with Crippen molar-refractivity contribution in [2.24, 2.45) is 0 Å². The van der Waals surface area contributed by atoms with Gasteiger partial charge in [-0.15, -0.1) is 0 Å². The molecule has 5 nitrogen and oxygen atoms in total. The lowest BCUT2D eigenvalue weighted by Crippen LogP contribution is -2.36. The lowest BCUT2D eigenvalue weighted by Gasteiger charge is -2.22. The maximum Gasteiger partial charge on any atom is 0.246 e. The molecule has 1 atom stereocenters. The molecule has 0 bridgehead atoms. The van der Waals surface area contributed by atoms with E-state index in [0.717, 1.165) is 41.7 Å². The van der Waals surface area contributed by atoms with Gasteiger partial charge in [0.25, 0.3) is 0 Å². The van der Waals surface area contributed by atoms with E-state index in [9.17, 15) is 4.79 Å². The molecule has 0 saturated carbocycles. The number of carbonyl (C=O) groups is 1. The van der Waals surface area contributed by atoms with E-state index in [1.165, 1.54) is 0 Å². The summed E-state index contributed by atoms with van der Waals surface area (Å²) >= 11 is 0. The van der Waals surface area contributed by atoms with Gasteiger partial charge in [0.15, 0.2) is 0 Å². The molecule has 1 aliphatic rings. The molecule has 0 unspecified atom stereocenters. The molecular weight excluding hydrogens is 338 g/mol. The Morgan fingerprint density at radius 2 is 2.04 bits per heavy atom. The van der Waals surface area contributed by atoms with Crippen LogP contribution in [-0.2, 0) is 9.53 Å². The zero-order chi connectivity index (χ0) is 18.6. The molecule has 1 amide bonds. The van der Waals surface area contributed by atoms with Crippen LogP contribution in [0.5, 0.6) is 0 Å². The van der Waals surface area contributed by atoms with Gasteiger partial charge >= 0.3 is 0 Å². The van der Waals surface area contributed by atoms with E-state index in [4.69, 9.17) is 9.84 Å². The Hall–Kier alpha value is -2.92. The molecule has 1 aromatic carbocycles. The van der Waals surface area contributed by atoms with Crippen molar-refractivity contribution in [3.05, 3.63) is 66.4 Å². The van der Waals surface area contributed by atoms with Gasteiger partial charge in [0.2, 0.25) is 5.91 Å². The Kier molecular flexibility index (Phi) is 5.03. The highest BCUT2D eigenvalue weighted by atomic mass is 16.5. The van der Waals surface area contributed by atoms with Crippen molar-refractivity contribution in [3.8, 4) is 11.3 Å². The molecule has 1 fully saturated rings. The highest BCUT2D eigenvalue weighted by Crippen LogP contribution is 2.27. The van der Waals surface area contributed by atoms with E-state index >= 15 is 0 Å². The summed E-state index contributed by atoms with van der Waals surface area (Å²) in [6.45, 7) is 1.38. The second-order valence-corrected chi connectivity index (χ2v) is 6.78. The monoisotopic (exact) mass is 361 g/mol. The molecule has 0 spiro atoms. The normalized spacial score (nSPS) is 17.2. The molecule has 138 valence electrons. The number of fused-ring (bicyclic) bond motifs is 1. The van der Waals surface area contributed by atoms with Gasteiger partial charge in [-0.1, -0.05) is 36.4 Å². The Balaban J connectivity index is 1.69. The van der Waals surface area contributed by atoms with Gasteiger partial charge in [-0.05, 0) is 31.1 Å². The minimum Gasteiger partial charge on any atom is -0.383 e. The average molecular weight is 361 g/mol. The number of likely N-dealkylation sites (tertiary alicyclic amines) is 1. The zero-order valence-corrected chi connectivity index (χ0v) is 15.4. The number of benzene rings is 1. The molecule has 1 aliphatic heterocycles. The summed E-state index contributed by atoms with van der Waals surface area (Å²) in [6, 6.07) is 16.2. The predicted octanol–water partition coefficient (Wildman–Crippen LogP) is 3.65. The minimum absolute atomic E-state index is 0.0313. The SMILES string of the molecule is COC[C@@H]1CCCN1C(=O)/C=C/c1c(-c2ccccc2)nn2ccccc12. The van der Waals surface area contributed by atoms with E-state index in [1.54, 1.807) is 13.2 Å². The van der Waals surface area contributed by atoms with Crippen LogP contribution < -0.4 is 0 Å². The summed E-state index contributed by atoms with van der Waals surface area (Å²) < 4.78 is 7.12. The van der Waals surface area contributed by atoms with Gasteiger partial charge in [-0.25, -0.2) is 4.52 Å². The second kappa shape index (κ2) is 7.76. The quantitative estimate of drug-likeness (QED) is 0.652. The first-order chi connectivity index (χ1) is 13.3. The van der Waals surface area contributed by atoms with Crippen molar-refractivity contribution in [3.63, 3.8) is 0 Å². The first kappa shape index (κ1) is 17.5. The van der Waals surface area contributed by atoms with Crippen LogP contribution in [0, 0.1) is 0 Å². The van der Waals surface area contributed by atoms with E-state index in [0.29, 0.717) is 6.61 Å². The number of pyridine rings is 1. The summed E-state index contributed by atoms with van der Waals surface area (Å²) in [4.78, 5) is 14.7. The van der Waals surface area contributed by atoms with Crippen molar-refractivity contribution in [1.82, 2.24) is 14.5 Å². The van der Waals surface area contributed by atoms with E-state index in [1.807, 2.05) is 70.2 Å². The molecule has 3 heterocycles. The topological polar surface area (TPSA) is 46.8 Å². The van der Waals surface area contributed by atoms with Crippen molar-refractivity contribution in [2.45, 2.75) is 18.9 Å². The van der Waals surface area contributed by atoms with Crippen molar-refractivity contribution in [2.75, 3.05) is 20.3 Å². The maximum absolute atomic E-state index is 12.8. The fourth-order valence-electron chi connectivity index (χ4n) is 3.73. The molecule has 5 heteroatoms. The van der Waals surface area contributed by atoms with Crippen LogP contribution >= 0.6 is 0 Å². The third-order valence-corrected chi connectivity index (χ3v) is 5.04. The van der Waals surface area contributed by atoms with Crippen LogP contribution in [0.1, 0.15) is 18.4 Å². The van der Waals surface area contributed by atoms with Gasteiger partial charge in [0, 0.05) is 37.1 Å². The molecule has 0 radical (unpaired) electrons. The van der Waals surface area contributed by atoms with Gasteiger partial charge in [-0.3, -0.25) is 4.79 Å². The van der Waals surface area contributed by atoms with Gasteiger partial charge < -0.3 is 9.64 Å². The number of rotatable bonds is 5. The number of hydrogen-bond donors (Lipinski definition) is 0. The van der Waals surface area contributed by atoms with Crippen LogP contribution in [0.2, 0.25) is 0 Å². The Morgan fingerprint density at radius 3 is 2.85 bits per heavy atom. The highest BCUT2D eigenvalue weighted by Gasteiger charge is 2.27. The minimum atomic E-state index is 0.0313. The Labute approximate surface area is 158 Å². The summed E-state index contributed by atoms with van der Waals surface area (Å²) in [5.74, 6) is 0.0313. The fourth-order valence-corrected chi connectivity index (χ4v) is 3.73. The molecule has 0 aliphatic carbocycles. The summed E-state index contributed by atoms with van der Waals surface area (Å²) in [7, 11) is 1.68. The largest absolute Gasteiger partial charge is 0.383 e. The third kappa shape index (κ3) is 3.51. The first-order valence-electron chi connectivity index (χ1n) is 9.28. The lowest BCUT2D eigenvalue weighted by atomic mass is 10.1. The van der Waals surface area contributed by atoms with Crippen molar-refractivity contribution < 1.29 is 9.53 Å². The number of carbonyl (C=O) groups excluding carboxylic acids is 1. The molecule has 4 rings (SSSR count). The second-order valence-electron chi connectivity index (χ2n) is 6.78. The van der Waals surface area contributed by atoms with Crippen LogP contribution in [-0.4, -0.2) is 46.7 Å². The van der Waals surface area contributed by atoms with Crippen LogP contribution in [0.3, 0.4) is 0 Å². The van der Waals surface area contributed by atoms with Crippen LogP contribution in [0.15, 0.2) is 60.8 Å². The number of hydrogen-bond acceptors (Lipinski definition) is 3. The number of methoxy groups -OCH3 is 1. The molecular formula is C22H23N3O2. The molecule has 2 aromatic heterocycles. The van der Waals surface area contributed by atoms with Gasteiger partial charge in [0.05, 0.1) is 18.2 Å². The van der Waals surface area contributed by atoms with E-state index in [2.05, 4.69) is 0 Å². The van der Waals surface area contributed by atoms with Gasteiger partial charge in [0.1, 0.15) is 5.69 Å². The molecule has 3 aromatic rings. The van der Waals surface area contributed by atoms with Gasteiger partial charge in [-0.2, -0.15) is 5.10 Å². The van der Waals surface area contributed by atoms with Crippen molar-refractivity contribution >= 4 is 17.5 Å². The smallest absolute Gasteiger partial charge is 0.246 e. The predicted molar refractivity (Wildman–Crippen MR) is 106 cm³/mol. The van der Waals surface area contributed by atoms with Crippen LogP contribution in [0.4, 0.5) is 0 Å². The fraction of sp³-hybridized carbons (Fsp3) is 0.273. The molecule has 27 heavy (non-hydrogen) atoms. The number of ether oxygens (including phenoxy) is 1. The molecule has 0 N–H and O–H groups in total. The van der Waals surface area contributed by atoms with E-state index < -0.39 is 0 Å². The zero-order valence-electron chi connectivity index (χ0n) is 15.4. The lowest BCUT2D eigenvalue weighted by molar-refractivity contribution is -0.127. The first-order valence-corrected chi connectivity index (χ1v) is 9.28. The average Bonchev–Trinajstić information content (AvgIpc) is 3.32. The maximum atomic E-state index is 12.8. The van der Waals surface area contributed by atoms with Crippen LogP contribution in [0.25, 0.3) is 22.9 Å². The summed E-state index contributed by atoms with van der Waals surface area (Å²) in [6.07, 6.45) is 7.52. The summed E-state index contributed by atoms with van der Waals surface area (Å²) in [5.41, 5.74) is 3.85. The highest BCUT2D eigenvalue weighted by molar-refractivity contribution is 5.95. The molecule has 1 saturated heterocycles. The van der Waals surface area contributed by atoms with E-state index in [-0.39, 0.29) is 11.9 Å². The van der Waals surface area contributed by atoms with Crippen molar-refractivity contribution in [1.29, 1.82) is 0 Å². The Bertz CT molecular complexity index is 962. The summed E-state index contributed by atoms with van der Waals surface area (Å²) in [5, 5.41) is 4.72. The standard InChI is InChI=1S/C22H23N3O2/c1-27-16-18-10-7-14-24(18)21(26)13-12-19-20-11-5-6-15-25(20)23-22(19)17-8-3-2-4-9-17/h2-6,8-9,11-13,15,18H,7,10,14,16H2,1H3/b13-12+/t18-/m0/s1. The number of aromatic nitrogens is 2.